The van der Waals surface area contributed by atoms with Crippen LogP contribution >= 0.6 is 20.2 Å². The third kappa shape index (κ3) is 6.15. The van der Waals surface area contributed by atoms with Gasteiger partial charge in [0.2, 0.25) is 0 Å². The summed E-state index contributed by atoms with van der Waals surface area (Å²) in [5, 5.41) is 13.9. The summed E-state index contributed by atoms with van der Waals surface area (Å²) in [6.07, 6.45) is 0. The van der Waals surface area contributed by atoms with Gasteiger partial charge in [-0.2, -0.15) is 0 Å². The van der Waals surface area contributed by atoms with Crippen LogP contribution in [0.5, 0.6) is 0 Å². The number of hydrogen-bond donors (Lipinski definition) is 2. The summed E-state index contributed by atoms with van der Waals surface area (Å²) in [4.78, 5) is 0. The molecular weight excluding hydrogens is 361 g/mol. The van der Waals surface area contributed by atoms with Crippen LogP contribution in [-0.2, 0) is 3.07 Å². The number of hydrogen-bond acceptors (Lipinski definition) is 3. The summed E-state index contributed by atoms with van der Waals surface area (Å²) in [5.41, 5.74) is 0. The van der Waals surface area contributed by atoms with Gasteiger partial charge in [-0.05, 0) is 0 Å². The van der Waals surface area contributed by atoms with Gasteiger partial charge in [0.05, 0.1) is 0 Å². The Kier molecular flexibility index (Phi) is 7.65. The van der Waals surface area contributed by atoms with Crippen molar-refractivity contribution in [1.82, 2.24) is 0 Å². The molecule has 0 atom stereocenters. The molecule has 0 saturated carbocycles. The second-order valence-corrected chi connectivity index (χ2v) is 8.10. The largest absolute Gasteiger partial charge is 0.674 e. The van der Waals surface area contributed by atoms with Gasteiger partial charge in [0.25, 0.3) is 0 Å². The molecule has 0 amide bonds. The summed E-state index contributed by atoms with van der Waals surface area (Å²) in [6, 6.07) is 21.0. The van der Waals surface area contributed by atoms with Crippen LogP contribution < -0.4 is 0 Å². The smallest absolute Gasteiger partial charge is 0.398 e. The Morgan fingerprint density at radius 2 is 1.21 bits per heavy atom. The minimum Gasteiger partial charge on any atom is -0.398 e. The number of rotatable bonds is 3. The molecule has 0 aromatic heterocycles. The quantitative estimate of drug-likeness (QED) is 0.640. The minimum atomic E-state index is -2.67. The molecule has 0 saturated heterocycles. The SMILES string of the molecule is COI(c1ccccc1)c1ccccc1.OB(O)F. The van der Waals surface area contributed by atoms with E-state index in [0.717, 1.165) is 0 Å². The first-order chi connectivity index (χ1) is 9.15. The van der Waals surface area contributed by atoms with Gasteiger partial charge in [-0.3, -0.25) is 4.32 Å². The second-order valence-electron chi connectivity index (χ2n) is 3.30. The molecule has 2 N–H and O–H groups in total. The van der Waals surface area contributed by atoms with Gasteiger partial charge in [-0.1, -0.05) is 0 Å². The molecule has 0 aliphatic rings. The van der Waals surface area contributed by atoms with Gasteiger partial charge in [-0.25, -0.2) is 0 Å². The molecule has 2 rings (SSSR count). The van der Waals surface area contributed by atoms with E-state index < -0.39 is 27.6 Å². The average Bonchev–Trinajstić information content (AvgIpc) is 2.41. The maximum atomic E-state index is 10.1. The van der Waals surface area contributed by atoms with Gasteiger partial charge in [0, 0.05) is 0 Å². The van der Waals surface area contributed by atoms with Crippen molar-refractivity contribution in [2.45, 2.75) is 0 Å². The Bertz CT molecular complexity index is 414. The van der Waals surface area contributed by atoms with Crippen LogP contribution in [0.4, 0.5) is 4.32 Å². The molecule has 0 aliphatic carbocycles. The van der Waals surface area contributed by atoms with Crippen molar-refractivity contribution in [1.29, 1.82) is 0 Å². The first-order valence-electron chi connectivity index (χ1n) is 5.50. The van der Waals surface area contributed by atoms with Crippen LogP contribution in [0.1, 0.15) is 0 Å². The first kappa shape index (κ1) is 16.1. The van der Waals surface area contributed by atoms with Crippen molar-refractivity contribution in [3.8, 4) is 0 Å². The first-order valence-corrected chi connectivity index (χ1v) is 8.53. The zero-order valence-corrected chi connectivity index (χ0v) is 12.6. The standard InChI is InChI=1S/C13H13IO.BFH2O2/c1-15-14(12-8-4-2-5-9-12)13-10-6-3-7-11-13;2-1(3)4/h2-11H,1H3;3-4H. The molecule has 0 bridgehead atoms. The third-order valence-electron chi connectivity index (χ3n) is 2.02. The van der Waals surface area contributed by atoms with Gasteiger partial charge in [-0.15, -0.1) is 0 Å². The molecule has 0 fully saturated rings. The van der Waals surface area contributed by atoms with E-state index in [-0.39, 0.29) is 0 Å². The molecule has 2 aromatic carbocycles. The maximum Gasteiger partial charge on any atom is 0.674 e. The summed E-state index contributed by atoms with van der Waals surface area (Å²) in [7, 11) is -0.856. The van der Waals surface area contributed by atoms with Crippen molar-refractivity contribution in [2.24, 2.45) is 0 Å². The van der Waals surface area contributed by atoms with Gasteiger partial charge >= 0.3 is 106 Å². The second kappa shape index (κ2) is 9.03. The van der Waals surface area contributed by atoms with E-state index in [2.05, 4.69) is 48.5 Å². The fourth-order valence-electron chi connectivity index (χ4n) is 1.36. The van der Waals surface area contributed by atoms with Gasteiger partial charge < -0.3 is 10.0 Å². The van der Waals surface area contributed by atoms with Crippen molar-refractivity contribution in [3.63, 3.8) is 0 Å². The fourth-order valence-corrected chi connectivity index (χ4v) is 5.24. The third-order valence-corrected chi connectivity index (χ3v) is 6.60. The molecule has 102 valence electrons. The molecule has 0 aliphatic heterocycles. The molecule has 0 radical (unpaired) electrons. The average molecular weight is 376 g/mol. The summed E-state index contributed by atoms with van der Waals surface area (Å²) < 4.78 is 18.5. The van der Waals surface area contributed by atoms with Gasteiger partial charge in [0.15, 0.2) is 0 Å². The maximum absolute atomic E-state index is 10.1. The van der Waals surface area contributed by atoms with E-state index in [1.54, 1.807) is 0 Å². The molecule has 0 heterocycles. The van der Waals surface area contributed by atoms with E-state index in [1.165, 1.54) is 7.14 Å². The topological polar surface area (TPSA) is 49.7 Å². The zero-order chi connectivity index (χ0) is 14.1. The minimum absolute atomic E-state index is 1.34. The van der Waals surface area contributed by atoms with E-state index >= 15 is 0 Å². The predicted octanol–water partition coefficient (Wildman–Crippen LogP) is 2.72. The summed E-state index contributed by atoms with van der Waals surface area (Å²) in [5.74, 6) is 0. The van der Waals surface area contributed by atoms with Crippen molar-refractivity contribution in [2.75, 3.05) is 7.11 Å². The normalized spacial score (nSPS) is 10.2. The van der Waals surface area contributed by atoms with E-state index in [9.17, 15) is 4.32 Å². The monoisotopic (exact) mass is 376 g/mol. The Morgan fingerprint density at radius 3 is 1.47 bits per heavy atom. The molecule has 3 nitrogen and oxygen atoms in total. The molecule has 0 spiro atoms. The molecule has 19 heavy (non-hydrogen) atoms. The summed E-state index contributed by atoms with van der Waals surface area (Å²) in [6.45, 7) is 0. The Hall–Kier alpha value is -0.955. The number of halogens is 2. The van der Waals surface area contributed by atoms with E-state index in [0.29, 0.717) is 0 Å². The molecular formula is C13H15BFIO3. The van der Waals surface area contributed by atoms with Crippen molar-refractivity contribution >= 4 is 27.6 Å². The number of benzene rings is 2. The Morgan fingerprint density at radius 1 is 0.895 bits per heavy atom. The van der Waals surface area contributed by atoms with Crippen LogP contribution in [0.2, 0.25) is 0 Å². The van der Waals surface area contributed by atoms with Crippen LogP contribution in [-0.4, -0.2) is 24.6 Å². The van der Waals surface area contributed by atoms with E-state index in [4.69, 9.17) is 13.1 Å². The van der Waals surface area contributed by atoms with Crippen molar-refractivity contribution in [3.05, 3.63) is 67.8 Å². The predicted molar refractivity (Wildman–Crippen MR) is 82.6 cm³/mol. The van der Waals surface area contributed by atoms with Crippen LogP contribution in [0.15, 0.2) is 60.7 Å². The Balaban J connectivity index is 0.000000399. The van der Waals surface area contributed by atoms with Crippen LogP contribution in [0.25, 0.3) is 0 Å². The van der Waals surface area contributed by atoms with E-state index in [1.807, 2.05) is 19.2 Å². The van der Waals surface area contributed by atoms with Gasteiger partial charge in [0.1, 0.15) is 0 Å². The fraction of sp³-hybridized carbons (Fsp3) is 0.0769. The Labute approximate surface area is 120 Å². The molecule has 0 unspecified atom stereocenters. The zero-order valence-electron chi connectivity index (χ0n) is 10.4. The molecule has 6 heteroatoms. The van der Waals surface area contributed by atoms with Crippen molar-refractivity contribution < 1.29 is 17.4 Å². The van der Waals surface area contributed by atoms with Crippen LogP contribution in [0.3, 0.4) is 0 Å². The molecule has 2 aromatic rings. The van der Waals surface area contributed by atoms with Crippen LogP contribution in [0, 0.1) is 7.14 Å². The summed E-state index contributed by atoms with van der Waals surface area (Å²) >= 11 is -1.62.